The van der Waals surface area contributed by atoms with E-state index in [0.717, 1.165) is 30.4 Å². The normalized spacial score (nSPS) is 15.6. The van der Waals surface area contributed by atoms with Gasteiger partial charge in [0.15, 0.2) is 0 Å². The van der Waals surface area contributed by atoms with Crippen LogP contribution in [-0.2, 0) is 4.79 Å². The summed E-state index contributed by atoms with van der Waals surface area (Å²) in [6.07, 6.45) is 9.21. The minimum atomic E-state index is -0.795. The molecule has 1 fully saturated rings. The minimum absolute atomic E-state index is 0.151. The molecule has 1 aliphatic heterocycles. The van der Waals surface area contributed by atoms with E-state index in [0.29, 0.717) is 27.2 Å². The van der Waals surface area contributed by atoms with Crippen LogP contribution in [0.4, 0.5) is 5.82 Å². The van der Waals surface area contributed by atoms with Crippen LogP contribution >= 0.6 is 24.0 Å². The molecule has 0 aliphatic carbocycles. The van der Waals surface area contributed by atoms with Gasteiger partial charge in [-0.3, -0.25) is 18.9 Å². The molecule has 2 aromatic heterocycles. The fourth-order valence-electron chi connectivity index (χ4n) is 4.44. The topological polar surface area (TPSA) is 86.9 Å². The monoisotopic (exact) mass is 550 g/mol. The third-order valence-corrected chi connectivity index (χ3v) is 7.99. The van der Waals surface area contributed by atoms with Gasteiger partial charge in [0, 0.05) is 19.3 Å². The molecule has 3 heterocycles. The van der Waals surface area contributed by atoms with Crippen LogP contribution in [0.3, 0.4) is 0 Å². The van der Waals surface area contributed by atoms with E-state index < -0.39 is 6.10 Å². The lowest BCUT2D eigenvalue weighted by Gasteiger charge is -2.16. The highest BCUT2D eigenvalue weighted by Crippen LogP contribution is 2.33. The van der Waals surface area contributed by atoms with Gasteiger partial charge in [-0.05, 0) is 36.6 Å². The smallest absolute Gasteiger partial charge is 0.267 e. The number of unbranched alkanes of at least 4 members (excludes halogenated alkanes) is 5. The second kappa shape index (κ2) is 13.2. The summed E-state index contributed by atoms with van der Waals surface area (Å²) in [4.78, 5) is 33.6. The van der Waals surface area contributed by atoms with E-state index in [1.165, 1.54) is 35.4 Å². The highest BCUT2D eigenvalue weighted by Gasteiger charge is 2.32. The van der Waals surface area contributed by atoms with E-state index in [9.17, 15) is 14.7 Å². The van der Waals surface area contributed by atoms with Crippen LogP contribution in [0.25, 0.3) is 11.7 Å². The highest BCUT2D eigenvalue weighted by molar-refractivity contribution is 8.26. The third-order valence-electron chi connectivity index (χ3n) is 6.62. The Hall–Kier alpha value is -3.01. The molecule has 9 heteroatoms. The van der Waals surface area contributed by atoms with Crippen LogP contribution in [0, 0.1) is 6.92 Å². The molecular formula is C29H34N4O3S2. The molecule has 1 atom stereocenters. The molecule has 3 aromatic rings. The van der Waals surface area contributed by atoms with Gasteiger partial charge in [-0.15, -0.1) is 0 Å². The number of thioether (sulfide) groups is 1. The van der Waals surface area contributed by atoms with Crippen molar-refractivity contribution in [2.45, 2.75) is 58.5 Å². The molecular weight excluding hydrogens is 516 g/mol. The number of pyridine rings is 1. The van der Waals surface area contributed by atoms with Crippen LogP contribution in [-0.4, -0.2) is 42.7 Å². The Morgan fingerprint density at radius 2 is 1.82 bits per heavy atom. The number of carbonyl (C=O) groups is 1. The molecule has 1 amide bonds. The van der Waals surface area contributed by atoms with Crippen LogP contribution in [0.1, 0.15) is 68.2 Å². The number of thiocarbonyl (C=S) groups is 1. The molecule has 0 bridgehead atoms. The van der Waals surface area contributed by atoms with E-state index in [4.69, 9.17) is 17.2 Å². The number of aromatic nitrogens is 2. The molecule has 0 saturated carbocycles. The molecule has 7 nitrogen and oxygen atoms in total. The maximum Gasteiger partial charge on any atom is 0.267 e. The predicted molar refractivity (Wildman–Crippen MR) is 159 cm³/mol. The average molecular weight is 551 g/mol. The van der Waals surface area contributed by atoms with Gasteiger partial charge < -0.3 is 10.4 Å². The van der Waals surface area contributed by atoms with Gasteiger partial charge in [-0.2, -0.15) is 0 Å². The van der Waals surface area contributed by atoms with E-state index in [-0.39, 0.29) is 23.6 Å². The summed E-state index contributed by atoms with van der Waals surface area (Å²) in [5, 5.41) is 13.8. The molecule has 1 unspecified atom stereocenters. The summed E-state index contributed by atoms with van der Waals surface area (Å²) in [7, 11) is 0. The van der Waals surface area contributed by atoms with Crippen molar-refractivity contribution in [1.82, 2.24) is 14.3 Å². The van der Waals surface area contributed by atoms with E-state index in [1.54, 1.807) is 23.2 Å². The van der Waals surface area contributed by atoms with Gasteiger partial charge in [0.05, 0.1) is 16.6 Å². The number of aliphatic hydroxyl groups is 1. The Morgan fingerprint density at radius 3 is 2.58 bits per heavy atom. The fraction of sp³-hybridized carbons (Fsp3) is 0.379. The summed E-state index contributed by atoms with van der Waals surface area (Å²) in [5.41, 5.74) is 2.07. The molecule has 0 radical (unpaired) electrons. The van der Waals surface area contributed by atoms with Crippen LogP contribution < -0.4 is 10.9 Å². The van der Waals surface area contributed by atoms with Crippen molar-refractivity contribution in [3.63, 3.8) is 0 Å². The number of anilines is 1. The van der Waals surface area contributed by atoms with E-state index in [1.807, 2.05) is 43.3 Å². The van der Waals surface area contributed by atoms with E-state index >= 15 is 0 Å². The van der Waals surface area contributed by atoms with Gasteiger partial charge in [0.1, 0.15) is 15.8 Å². The molecule has 38 heavy (non-hydrogen) atoms. The van der Waals surface area contributed by atoms with Crippen molar-refractivity contribution in [2.24, 2.45) is 0 Å². The van der Waals surface area contributed by atoms with Crippen molar-refractivity contribution in [3.05, 3.63) is 80.6 Å². The predicted octanol–water partition coefficient (Wildman–Crippen LogP) is 5.71. The number of nitrogens with one attached hydrogen (secondary N) is 1. The Morgan fingerprint density at radius 1 is 1.08 bits per heavy atom. The Balaban J connectivity index is 1.60. The first-order chi connectivity index (χ1) is 18.4. The molecule has 4 rings (SSSR count). The number of hydrogen-bond donors (Lipinski definition) is 2. The quantitative estimate of drug-likeness (QED) is 0.170. The number of benzene rings is 1. The lowest BCUT2D eigenvalue weighted by molar-refractivity contribution is -0.122. The number of aryl methyl sites for hydroxylation is 1. The van der Waals surface area contributed by atoms with E-state index in [2.05, 4.69) is 12.2 Å². The lowest BCUT2D eigenvalue weighted by atomic mass is 10.1. The largest absolute Gasteiger partial charge is 0.387 e. The number of aliphatic hydroxyl groups excluding tert-OH is 1. The third kappa shape index (κ3) is 6.51. The van der Waals surface area contributed by atoms with Gasteiger partial charge in [0.2, 0.25) is 0 Å². The molecule has 200 valence electrons. The summed E-state index contributed by atoms with van der Waals surface area (Å²) in [5.74, 6) is 0.137. The summed E-state index contributed by atoms with van der Waals surface area (Å²) < 4.78 is 1.99. The second-order valence-corrected chi connectivity index (χ2v) is 11.1. The maximum absolute atomic E-state index is 13.6. The van der Waals surface area contributed by atoms with Crippen molar-refractivity contribution < 1.29 is 9.90 Å². The summed E-state index contributed by atoms with van der Waals surface area (Å²) in [6, 6.07) is 13.0. The van der Waals surface area contributed by atoms with Crippen molar-refractivity contribution in [3.8, 4) is 0 Å². The van der Waals surface area contributed by atoms with Crippen molar-refractivity contribution in [2.75, 3.05) is 18.4 Å². The molecule has 1 saturated heterocycles. The first kappa shape index (κ1) is 28.0. The average Bonchev–Trinajstić information content (AvgIpc) is 3.19. The second-order valence-electron chi connectivity index (χ2n) is 9.47. The number of hydrogen-bond acceptors (Lipinski definition) is 7. The molecule has 0 spiro atoms. The SMILES string of the molecule is CCCCCCCCN1C(=O)/C(=C\c2c(NCC(O)c3ccccc3)nc3c(C)cccn3c2=O)SC1=S. The van der Waals surface area contributed by atoms with Crippen LogP contribution in [0.5, 0.6) is 0 Å². The first-order valence-electron chi connectivity index (χ1n) is 13.1. The Kier molecular flexibility index (Phi) is 9.71. The lowest BCUT2D eigenvalue weighted by Crippen LogP contribution is -2.29. The summed E-state index contributed by atoms with van der Waals surface area (Å²) in [6.45, 7) is 4.81. The number of fused-ring (bicyclic) bond motifs is 1. The number of carbonyl (C=O) groups excluding carboxylic acids is 1. The first-order valence-corrected chi connectivity index (χ1v) is 14.4. The zero-order valence-corrected chi connectivity index (χ0v) is 23.5. The van der Waals surface area contributed by atoms with Gasteiger partial charge in [0.25, 0.3) is 11.5 Å². The number of rotatable bonds is 12. The minimum Gasteiger partial charge on any atom is -0.387 e. The van der Waals surface area contributed by atoms with Crippen LogP contribution in [0.15, 0.2) is 58.4 Å². The standard InChI is InChI=1S/C29H34N4O3S2/c1-3-4-5-6-7-11-16-33-28(36)24(38-29(33)37)18-22-25(30-19-23(34)21-14-9-8-10-15-21)31-26-20(2)13-12-17-32(26)27(22)35/h8-10,12-15,17-18,23,30,34H,3-7,11,16,19H2,1-2H3/b24-18+. The molecule has 2 N–H and O–H groups in total. The Labute approximate surface area is 233 Å². The molecule has 1 aromatic carbocycles. The van der Waals surface area contributed by atoms with Gasteiger partial charge in [-0.1, -0.05) is 99.4 Å². The van der Waals surface area contributed by atoms with Crippen molar-refractivity contribution >= 4 is 51.7 Å². The zero-order chi connectivity index (χ0) is 27.1. The van der Waals surface area contributed by atoms with Crippen molar-refractivity contribution in [1.29, 1.82) is 0 Å². The maximum atomic E-state index is 13.6. The zero-order valence-electron chi connectivity index (χ0n) is 21.9. The molecule has 1 aliphatic rings. The Bertz CT molecular complexity index is 1390. The van der Waals surface area contributed by atoms with Crippen LogP contribution in [0.2, 0.25) is 0 Å². The van der Waals surface area contributed by atoms with Gasteiger partial charge in [-0.25, -0.2) is 4.98 Å². The number of amides is 1. The van der Waals surface area contributed by atoms with Gasteiger partial charge >= 0.3 is 0 Å². The number of nitrogens with zero attached hydrogens (tertiary/aromatic N) is 3. The highest BCUT2D eigenvalue weighted by atomic mass is 32.2. The fourth-order valence-corrected chi connectivity index (χ4v) is 5.73. The summed E-state index contributed by atoms with van der Waals surface area (Å²) >= 11 is 6.72.